The topological polar surface area (TPSA) is 88.1 Å². The highest BCUT2D eigenvalue weighted by Crippen LogP contribution is 2.22. The highest BCUT2D eigenvalue weighted by Gasteiger charge is 2.30. The van der Waals surface area contributed by atoms with E-state index in [1.165, 1.54) is 12.1 Å². The Labute approximate surface area is 168 Å². The molecule has 150 valence electrons. The number of nitrogens with one attached hydrogen (secondary N) is 1. The minimum Gasteiger partial charge on any atom is -0.339 e. The Morgan fingerprint density at radius 2 is 2.07 bits per heavy atom. The van der Waals surface area contributed by atoms with Crippen molar-refractivity contribution in [3.63, 3.8) is 0 Å². The van der Waals surface area contributed by atoms with E-state index >= 15 is 0 Å². The van der Waals surface area contributed by atoms with Crippen LogP contribution in [0.4, 0.5) is 10.3 Å². The molecule has 7 nitrogen and oxygen atoms in total. The number of hydrogen-bond acceptors (Lipinski definition) is 6. The summed E-state index contributed by atoms with van der Waals surface area (Å²) in [6, 6.07) is 9.28. The molecule has 4 rings (SSSR count). The maximum atomic E-state index is 14.1. The number of sulfonamides is 1. The Morgan fingerprint density at radius 1 is 1.21 bits per heavy atom. The molecule has 3 aromatic rings. The van der Waals surface area contributed by atoms with Crippen LogP contribution in [0.5, 0.6) is 0 Å². The molecule has 3 heterocycles. The normalized spacial score (nSPS) is 16.9. The van der Waals surface area contributed by atoms with Gasteiger partial charge in [-0.25, -0.2) is 27.5 Å². The molecule has 0 amide bonds. The van der Waals surface area contributed by atoms with Crippen LogP contribution in [0.2, 0.25) is 0 Å². The van der Waals surface area contributed by atoms with E-state index in [0.29, 0.717) is 31.0 Å². The molecule has 1 unspecified atom stereocenters. The summed E-state index contributed by atoms with van der Waals surface area (Å²) < 4.78 is 41.9. The third-order valence-electron chi connectivity index (χ3n) is 4.77. The standard InChI is InChI=1S/C20H20FN5O2S/c1-14-4-5-19(17(21)11-14)29(27,28)25-16-7-10-26(13-16)20-23-9-6-18(24-20)15-3-2-8-22-12-15/h2-6,8-9,11-12,16,25H,7,10,13H2,1H3. The molecule has 29 heavy (non-hydrogen) atoms. The first kappa shape index (κ1) is 19.4. The molecule has 1 aliphatic rings. The van der Waals surface area contributed by atoms with Crippen molar-refractivity contribution in [1.29, 1.82) is 0 Å². The number of anilines is 1. The minimum absolute atomic E-state index is 0.337. The van der Waals surface area contributed by atoms with Crippen molar-refractivity contribution in [3.8, 4) is 11.3 Å². The number of benzene rings is 1. The first-order chi connectivity index (χ1) is 13.9. The highest BCUT2D eigenvalue weighted by molar-refractivity contribution is 7.89. The Hall–Kier alpha value is -2.91. The van der Waals surface area contributed by atoms with Gasteiger partial charge in [-0.1, -0.05) is 6.07 Å². The van der Waals surface area contributed by atoms with Crippen molar-refractivity contribution in [2.75, 3.05) is 18.0 Å². The van der Waals surface area contributed by atoms with Gasteiger partial charge in [0.05, 0.1) is 5.69 Å². The van der Waals surface area contributed by atoms with Gasteiger partial charge in [-0.15, -0.1) is 0 Å². The molecule has 0 aliphatic carbocycles. The number of rotatable bonds is 5. The smallest absolute Gasteiger partial charge is 0.243 e. The van der Waals surface area contributed by atoms with Gasteiger partial charge in [-0.05, 0) is 49.2 Å². The molecule has 1 N–H and O–H groups in total. The molecule has 1 fully saturated rings. The molecular weight excluding hydrogens is 393 g/mol. The molecule has 1 atom stereocenters. The summed E-state index contributed by atoms with van der Waals surface area (Å²) in [5.41, 5.74) is 2.29. The highest BCUT2D eigenvalue weighted by atomic mass is 32.2. The second-order valence-corrected chi connectivity index (χ2v) is 8.65. The second kappa shape index (κ2) is 7.84. The van der Waals surface area contributed by atoms with Crippen LogP contribution in [-0.4, -0.2) is 42.5 Å². The minimum atomic E-state index is -3.95. The molecule has 1 aliphatic heterocycles. The number of hydrogen-bond donors (Lipinski definition) is 1. The fourth-order valence-electron chi connectivity index (χ4n) is 3.32. The lowest BCUT2D eigenvalue weighted by Crippen LogP contribution is -2.37. The number of nitrogens with zero attached hydrogens (tertiary/aromatic N) is 4. The van der Waals surface area contributed by atoms with Crippen LogP contribution in [0.15, 0.2) is 59.9 Å². The van der Waals surface area contributed by atoms with Gasteiger partial charge in [-0.2, -0.15) is 0 Å². The number of pyridine rings is 1. The van der Waals surface area contributed by atoms with Crippen molar-refractivity contribution in [2.24, 2.45) is 0 Å². The monoisotopic (exact) mass is 413 g/mol. The predicted molar refractivity (Wildman–Crippen MR) is 107 cm³/mol. The average molecular weight is 413 g/mol. The van der Waals surface area contributed by atoms with E-state index in [9.17, 15) is 12.8 Å². The molecule has 1 saturated heterocycles. The van der Waals surface area contributed by atoms with Gasteiger partial charge in [0.15, 0.2) is 0 Å². The zero-order valence-corrected chi connectivity index (χ0v) is 16.6. The van der Waals surface area contributed by atoms with Gasteiger partial charge >= 0.3 is 0 Å². The van der Waals surface area contributed by atoms with Crippen molar-refractivity contribution in [2.45, 2.75) is 24.3 Å². The Morgan fingerprint density at radius 3 is 2.83 bits per heavy atom. The molecule has 0 saturated carbocycles. The van der Waals surface area contributed by atoms with Crippen molar-refractivity contribution in [3.05, 3.63) is 66.4 Å². The van der Waals surface area contributed by atoms with Crippen LogP contribution in [0.1, 0.15) is 12.0 Å². The lowest BCUT2D eigenvalue weighted by molar-refractivity contribution is 0.543. The molecular formula is C20H20FN5O2S. The van der Waals surface area contributed by atoms with E-state index in [-0.39, 0.29) is 10.9 Å². The van der Waals surface area contributed by atoms with Crippen LogP contribution in [0.25, 0.3) is 11.3 Å². The summed E-state index contributed by atoms with van der Waals surface area (Å²) in [5.74, 6) is -0.227. The zero-order chi connectivity index (χ0) is 20.4. The quantitative estimate of drug-likeness (QED) is 0.692. The molecule has 0 spiro atoms. The van der Waals surface area contributed by atoms with Crippen LogP contribution < -0.4 is 9.62 Å². The number of halogens is 1. The van der Waals surface area contributed by atoms with E-state index in [1.54, 1.807) is 37.6 Å². The van der Waals surface area contributed by atoms with Crippen LogP contribution >= 0.6 is 0 Å². The largest absolute Gasteiger partial charge is 0.339 e. The maximum Gasteiger partial charge on any atom is 0.243 e. The lowest BCUT2D eigenvalue weighted by Gasteiger charge is -2.17. The Balaban J connectivity index is 1.48. The zero-order valence-electron chi connectivity index (χ0n) is 15.8. The van der Waals surface area contributed by atoms with E-state index in [0.717, 1.165) is 11.3 Å². The van der Waals surface area contributed by atoms with Crippen molar-refractivity contribution < 1.29 is 12.8 Å². The van der Waals surface area contributed by atoms with Gasteiger partial charge in [0.25, 0.3) is 0 Å². The fourth-order valence-corrected chi connectivity index (χ4v) is 4.64. The Bertz CT molecular complexity index is 1120. The van der Waals surface area contributed by atoms with E-state index in [4.69, 9.17) is 0 Å². The predicted octanol–water partition coefficient (Wildman–Crippen LogP) is 2.54. The van der Waals surface area contributed by atoms with E-state index < -0.39 is 15.8 Å². The molecule has 1 aromatic carbocycles. The van der Waals surface area contributed by atoms with E-state index in [1.807, 2.05) is 17.0 Å². The molecule has 2 aromatic heterocycles. The van der Waals surface area contributed by atoms with E-state index in [2.05, 4.69) is 19.7 Å². The first-order valence-electron chi connectivity index (χ1n) is 9.19. The number of aromatic nitrogens is 3. The third kappa shape index (κ3) is 4.25. The summed E-state index contributed by atoms with van der Waals surface area (Å²) in [7, 11) is -3.95. The van der Waals surface area contributed by atoms with Crippen LogP contribution in [0.3, 0.4) is 0 Å². The maximum absolute atomic E-state index is 14.1. The summed E-state index contributed by atoms with van der Waals surface area (Å²) in [5, 5.41) is 0. The molecule has 9 heteroatoms. The first-order valence-corrected chi connectivity index (χ1v) is 10.7. The van der Waals surface area contributed by atoms with Crippen molar-refractivity contribution >= 4 is 16.0 Å². The fraction of sp³-hybridized carbons (Fsp3) is 0.250. The third-order valence-corrected chi connectivity index (χ3v) is 6.32. The van der Waals surface area contributed by atoms with Crippen LogP contribution in [-0.2, 0) is 10.0 Å². The van der Waals surface area contributed by atoms with Crippen molar-refractivity contribution in [1.82, 2.24) is 19.7 Å². The van der Waals surface area contributed by atoms with Gasteiger partial charge in [0.1, 0.15) is 10.7 Å². The SMILES string of the molecule is Cc1ccc(S(=O)(=O)NC2CCN(c3nccc(-c4cccnc4)n3)C2)c(F)c1. The average Bonchev–Trinajstić information content (AvgIpc) is 3.16. The summed E-state index contributed by atoms with van der Waals surface area (Å²) in [4.78, 5) is 14.6. The summed E-state index contributed by atoms with van der Waals surface area (Å²) in [6.45, 7) is 2.71. The summed E-state index contributed by atoms with van der Waals surface area (Å²) in [6.07, 6.45) is 5.67. The molecule has 0 bridgehead atoms. The molecule has 0 radical (unpaired) electrons. The second-order valence-electron chi connectivity index (χ2n) is 6.97. The van der Waals surface area contributed by atoms with Gasteiger partial charge in [0, 0.05) is 43.3 Å². The number of aryl methyl sites for hydroxylation is 1. The summed E-state index contributed by atoms with van der Waals surface area (Å²) >= 11 is 0. The van der Waals surface area contributed by atoms with Gasteiger partial charge in [0.2, 0.25) is 16.0 Å². The van der Waals surface area contributed by atoms with Gasteiger partial charge in [-0.3, -0.25) is 4.98 Å². The lowest BCUT2D eigenvalue weighted by atomic mass is 10.2. The Kier molecular flexibility index (Phi) is 5.25. The van der Waals surface area contributed by atoms with Gasteiger partial charge < -0.3 is 4.90 Å². The van der Waals surface area contributed by atoms with Crippen LogP contribution in [0, 0.1) is 12.7 Å².